The van der Waals surface area contributed by atoms with Gasteiger partial charge < -0.3 is 9.64 Å². The van der Waals surface area contributed by atoms with Crippen LogP contribution in [-0.2, 0) is 4.79 Å². The second-order valence-electron chi connectivity index (χ2n) is 6.80. The van der Waals surface area contributed by atoms with Gasteiger partial charge >= 0.3 is 0 Å². The highest BCUT2D eigenvalue weighted by Crippen LogP contribution is 2.45. The maximum Gasteiger partial charge on any atom is 0.235 e. The standard InChI is InChI=1S/C21H23NO2/c1-15(14-16-8-6-5-7-9-16)19-21(2,3)20(23)22(19)17-10-12-18(24-4)13-11-17/h5-14,19H,1-4H3/b15-14+/t19-/m0/s1. The molecule has 0 spiro atoms. The Morgan fingerprint density at radius 3 is 2.29 bits per heavy atom. The van der Waals surface area contributed by atoms with E-state index in [4.69, 9.17) is 4.74 Å². The van der Waals surface area contributed by atoms with E-state index in [1.165, 1.54) is 5.57 Å². The molecule has 0 aliphatic carbocycles. The Balaban J connectivity index is 1.94. The number of β-lactam (4-membered cyclic amide) rings is 1. The van der Waals surface area contributed by atoms with Crippen molar-refractivity contribution in [3.63, 3.8) is 0 Å². The number of carbonyl (C=O) groups excluding carboxylic acids is 1. The van der Waals surface area contributed by atoms with Gasteiger partial charge in [-0.25, -0.2) is 0 Å². The highest BCUT2D eigenvalue weighted by Gasteiger charge is 2.55. The molecule has 1 saturated heterocycles. The van der Waals surface area contributed by atoms with Crippen LogP contribution in [0.3, 0.4) is 0 Å². The summed E-state index contributed by atoms with van der Waals surface area (Å²) in [7, 11) is 1.64. The lowest BCUT2D eigenvalue weighted by Crippen LogP contribution is -2.67. The van der Waals surface area contributed by atoms with Crippen LogP contribution in [0.5, 0.6) is 5.75 Å². The van der Waals surface area contributed by atoms with E-state index in [0.717, 1.165) is 17.0 Å². The van der Waals surface area contributed by atoms with Gasteiger partial charge in [-0.05, 0) is 56.2 Å². The van der Waals surface area contributed by atoms with Gasteiger partial charge in [0.25, 0.3) is 0 Å². The summed E-state index contributed by atoms with van der Waals surface area (Å²) >= 11 is 0. The van der Waals surface area contributed by atoms with Crippen LogP contribution in [0.1, 0.15) is 26.3 Å². The first-order valence-corrected chi connectivity index (χ1v) is 8.16. The Labute approximate surface area is 143 Å². The van der Waals surface area contributed by atoms with E-state index in [-0.39, 0.29) is 11.9 Å². The fraction of sp³-hybridized carbons (Fsp3) is 0.286. The first-order valence-electron chi connectivity index (χ1n) is 8.16. The zero-order valence-corrected chi connectivity index (χ0v) is 14.6. The van der Waals surface area contributed by atoms with Crippen LogP contribution in [0, 0.1) is 5.41 Å². The predicted octanol–water partition coefficient (Wildman–Crippen LogP) is 4.54. The van der Waals surface area contributed by atoms with E-state index in [1.807, 2.05) is 61.2 Å². The van der Waals surface area contributed by atoms with Crippen molar-refractivity contribution in [3.8, 4) is 5.75 Å². The Morgan fingerprint density at radius 2 is 1.71 bits per heavy atom. The fourth-order valence-electron chi connectivity index (χ4n) is 3.47. The summed E-state index contributed by atoms with van der Waals surface area (Å²) in [4.78, 5) is 14.6. The number of ether oxygens (including phenoxy) is 1. The van der Waals surface area contributed by atoms with Gasteiger partial charge in [-0.15, -0.1) is 0 Å². The molecule has 0 N–H and O–H groups in total. The van der Waals surface area contributed by atoms with Crippen LogP contribution in [0.4, 0.5) is 5.69 Å². The second kappa shape index (κ2) is 6.16. The van der Waals surface area contributed by atoms with Gasteiger partial charge in [-0.2, -0.15) is 0 Å². The van der Waals surface area contributed by atoms with Crippen LogP contribution in [0.25, 0.3) is 6.08 Å². The number of hydrogen-bond acceptors (Lipinski definition) is 2. The number of nitrogens with zero attached hydrogens (tertiary/aromatic N) is 1. The minimum Gasteiger partial charge on any atom is -0.497 e. The fourth-order valence-corrected chi connectivity index (χ4v) is 3.47. The molecule has 124 valence electrons. The van der Waals surface area contributed by atoms with Crippen LogP contribution >= 0.6 is 0 Å². The van der Waals surface area contributed by atoms with Crippen molar-refractivity contribution < 1.29 is 9.53 Å². The number of anilines is 1. The molecule has 3 nitrogen and oxygen atoms in total. The quantitative estimate of drug-likeness (QED) is 0.774. The monoisotopic (exact) mass is 321 g/mol. The summed E-state index contributed by atoms with van der Waals surface area (Å²) in [5.74, 6) is 0.942. The molecule has 1 aliphatic heterocycles. The van der Waals surface area contributed by atoms with Crippen molar-refractivity contribution in [1.82, 2.24) is 0 Å². The molecule has 0 radical (unpaired) electrons. The number of rotatable bonds is 4. The molecule has 3 rings (SSSR count). The van der Waals surface area contributed by atoms with E-state index in [9.17, 15) is 4.79 Å². The van der Waals surface area contributed by atoms with E-state index in [2.05, 4.69) is 25.1 Å². The Bertz CT molecular complexity index is 760. The van der Waals surface area contributed by atoms with Crippen molar-refractivity contribution in [2.24, 2.45) is 5.41 Å². The summed E-state index contributed by atoms with van der Waals surface area (Å²) in [5, 5.41) is 0. The summed E-state index contributed by atoms with van der Waals surface area (Å²) in [5.41, 5.74) is 2.85. The number of amides is 1. The lowest BCUT2D eigenvalue weighted by molar-refractivity contribution is -0.135. The van der Waals surface area contributed by atoms with Crippen molar-refractivity contribution >= 4 is 17.7 Å². The largest absolute Gasteiger partial charge is 0.497 e. The molecule has 2 aromatic carbocycles. The molecule has 0 bridgehead atoms. The van der Waals surface area contributed by atoms with Crippen molar-refractivity contribution in [2.75, 3.05) is 12.0 Å². The van der Waals surface area contributed by atoms with Crippen LogP contribution in [0.15, 0.2) is 60.2 Å². The lowest BCUT2D eigenvalue weighted by Gasteiger charge is -2.53. The molecule has 2 aromatic rings. The summed E-state index contributed by atoms with van der Waals surface area (Å²) in [6.45, 7) is 6.13. The Morgan fingerprint density at radius 1 is 1.08 bits per heavy atom. The van der Waals surface area contributed by atoms with Gasteiger partial charge in [0.05, 0.1) is 18.6 Å². The summed E-state index contributed by atoms with van der Waals surface area (Å²) in [6, 6.07) is 17.9. The highest BCUT2D eigenvalue weighted by atomic mass is 16.5. The first kappa shape index (κ1) is 16.3. The highest BCUT2D eigenvalue weighted by molar-refractivity contribution is 6.06. The third-order valence-corrected chi connectivity index (χ3v) is 4.69. The molecule has 1 heterocycles. The zero-order valence-electron chi connectivity index (χ0n) is 14.6. The smallest absolute Gasteiger partial charge is 0.235 e. The molecular formula is C21H23NO2. The van der Waals surface area contributed by atoms with E-state index >= 15 is 0 Å². The molecular weight excluding hydrogens is 298 g/mol. The third-order valence-electron chi connectivity index (χ3n) is 4.69. The third kappa shape index (κ3) is 2.71. The number of benzene rings is 2. The minimum absolute atomic E-state index is 0.0543. The average molecular weight is 321 g/mol. The van der Waals surface area contributed by atoms with Gasteiger partial charge in [-0.3, -0.25) is 4.79 Å². The molecule has 24 heavy (non-hydrogen) atoms. The average Bonchev–Trinajstić information content (AvgIpc) is 2.59. The van der Waals surface area contributed by atoms with Crippen molar-refractivity contribution in [1.29, 1.82) is 0 Å². The molecule has 1 aliphatic rings. The number of carbonyl (C=O) groups is 1. The van der Waals surface area contributed by atoms with Gasteiger partial charge in [0.1, 0.15) is 5.75 Å². The summed E-state index contributed by atoms with van der Waals surface area (Å²) in [6.07, 6.45) is 2.16. The molecule has 3 heteroatoms. The lowest BCUT2D eigenvalue weighted by atomic mass is 9.70. The first-order chi connectivity index (χ1) is 11.4. The molecule has 0 unspecified atom stereocenters. The zero-order chi connectivity index (χ0) is 17.3. The van der Waals surface area contributed by atoms with Crippen molar-refractivity contribution in [3.05, 3.63) is 65.7 Å². The maximum atomic E-state index is 12.7. The second-order valence-corrected chi connectivity index (χ2v) is 6.80. The SMILES string of the molecule is COc1ccc(N2C(=O)C(C)(C)[C@@H]2/C(C)=C/c2ccccc2)cc1. The van der Waals surface area contributed by atoms with E-state index in [0.29, 0.717) is 0 Å². The number of hydrogen-bond donors (Lipinski definition) is 0. The molecule has 0 aromatic heterocycles. The van der Waals surface area contributed by atoms with Gasteiger partial charge in [0.2, 0.25) is 5.91 Å². The Hall–Kier alpha value is -2.55. The topological polar surface area (TPSA) is 29.5 Å². The molecule has 1 atom stereocenters. The van der Waals surface area contributed by atoms with Crippen LogP contribution < -0.4 is 9.64 Å². The molecule has 1 amide bonds. The maximum absolute atomic E-state index is 12.7. The van der Waals surface area contributed by atoms with Crippen LogP contribution in [0.2, 0.25) is 0 Å². The van der Waals surface area contributed by atoms with Gasteiger partial charge in [-0.1, -0.05) is 36.4 Å². The van der Waals surface area contributed by atoms with E-state index < -0.39 is 5.41 Å². The summed E-state index contributed by atoms with van der Waals surface area (Å²) < 4.78 is 5.21. The van der Waals surface area contributed by atoms with Gasteiger partial charge in [0.15, 0.2) is 0 Å². The molecule has 1 fully saturated rings. The van der Waals surface area contributed by atoms with E-state index in [1.54, 1.807) is 7.11 Å². The van der Waals surface area contributed by atoms with Gasteiger partial charge in [0, 0.05) is 5.69 Å². The number of methoxy groups -OCH3 is 1. The normalized spacial score (nSPS) is 19.8. The van der Waals surface area contributed by atoms with Crippen molar-refractivity contribution in [2.45, 2.75) is 26.8 Å². The Kier molecular flexibility index (Phi) is 4.18. The predicted molar refractivity (Wildman–Crippen MR) is 98.1 cm³/mol. The minimum atomic E-state index is -0.394. The van der Waals surface area contributed by atoms with Crippen LogP contribution in [-0.4, -0.2) is 19.1 Å². The molecule has 0 saturated carbocycles.